The van der Waals surface area contributed by atoms with Gasteiger partial charge in [0.15, 0.2) is 0 Å². The van der Waals surface area contributed by atoms with Crippen LogP contribution in [0.2, 0.25) is 0 Å². The summed E-state index contributed by atoms with van der Waals surface area (Å²) in [6.07, 6.45) is 1.75. The fraction of sp³-hybridized carbons (Fsp3) is 0.318. The molecule has 2 N–H and O–H groups in total. The Kier molecular flexibility index (Phi) is 7.76. The van der Waals surface area contributed by atoms with Crippen LogP contribution in [-0.2, 0) is 13.1 Å². The maximum absolute atomic E-state index is 14.0. The predicted octanol–water partition coefficient (Wildman–Crippen LogP) is 3.09. The number of hydrogen-bond donors (Lipinski definition) is 2. The van der Waals surface area contributed by atoms with Crippen LogP contribution < -0.4 is 16.2 Å². The largest absolute Gasteiger partial charge is 0.329 e. The number of carbonyl (C=O) groups excluding carboxylic acids is 1. The highest BCUT2D eigenvalue weighted by molar-refractivity contribution is 7.27. The molecule has 1 saturated carbocycles. The van der Waals surface area contributed by atoms with Crippen molar-refractivity contribution in [1.29, 1.82) is 0 Å². The lowest BCUT2D eigenvalue weighted by Crippen LogP contribution is -2.48. The number of hydrogen-bond acceptors (Lipinski definition) is 3. The van der Waals surface area contributed by atoms with Gasteiger partial charge in [0.1, 0.15) is 11.6 Å². The molecule has 0 aliphatic heterocycles. The van der Waals surface area contributed by atoms with Crippen molar-refractivity contribution < 1.29 is 22.4 Å². The van der Waals surface area contributed by atoms with Gasteiger partial charge in [-0.3, -0.25) is 10.1 Å². The number of nitrogens with zero attached hydrogens (tertiary/aromatic N) is 3. The smallest absolute Gasteiger partial charge is 0.324 e. The number of amides is 2. The van der Waals surface area contributed by atoms with Gasteiger partial charge in [-0.1, -0.05) is 21.9 Å². The molecule has 0 bridgehead atoms. The van der Waals surface area contributed by atoms with Crippen LogP contribution in [0.25, 0.3) is 0 Å². The molecule has 182 valence electrons. The molecule has 0 saturated heterocycles. The first-order valence-electron chi connectivity index (χ1n) is 10.3. The summed E-state index contributed by atoms with van der Waals surface area (Å²) in [5, 5.41) is 2.32. The molecule has 1 aromatic heterocycles. The van der Waals surface area contributed by atoms with Crippen LogP contribution in [0.15, 0.2) is 53.0 Å². The van der Waals surface area contributed by atoms with Gasteiger partial charge in [0, 0.05) is 43.2 Å². The molecule has 1 atom stereocenters. The maximum Gasteiger partial charge on any atom is 0.324 e. The molecule has 0 spiro atoms. The van der Waals surface area contributed by atoms with Crippen molar-refractivity contribution in [2.45, 2.75) is 37.9 Å². The second-order valence-corrected chi connectivity index (χ2v) is 8.54. The average Bonchev–Trinajstić information content (AvgIpc) is 2.75. The van der Waals surface area contributed by atoms with Crippen molar-refractivity contribution in [2.24, 2.45) is 4.99 Å². The summed E-state index contributed by atoms with van der Waals surface area (Å²) in [5.74, 6) is -4.50. The third-order valence-corrected chi connectivity index (χ3v) is 5.78. The molecular weight excluding hydrogens is 473 g/mol. The molecule has 1 aromatic carbocycles. The zero-order chi connectivity index (χ0) is 25.0. The highest BCUT2D eigenvalue weighted by Crippen LogP contribution is 2.39. The second-order valence-electron chi connectivity index (χ2n) is 7.97. The van der Waals surface area contributed by atoms with Gasteiger partial charge >= 0.3 is 6.03 Å². The lowest BCUT2D eigenvalue weighted by Gasteiger charge is -2.34. The molecule has 3 rings (SSSR count). The van der Waals surface area contributed by atoms with E-state index in [2.05, 4.69) is 21.9 Å². The van der Waals surface area contributed by atoms with Crippen LogP contribution >= 0.6 is 9.24 Å². The number of aromatic amines is 1. The lowest BCUT2D eigenvalue weighted by molar-refractivity contribution is -0.0836. The molecule has 1 unspecified atom stereocenters. The SMILES string of the molecule is C=CN(Cc1cc(F)c(P)c(F)c1)C(=NC1CC(F)(F)C1)NC(=O)N(C)Cc1ccc[nH]c1=O. The molecule has 34 heavy (non-hydrogen) atoms. The Morgan fingerprint density at radius 3 is 2.53 bits per heavy atom. The van der Waals surface area contributed by atoms with E-state index in [9.17, 15) is 27.2 Å². The third kappa shape index (κ3) is 6.22. The lowest BCUT2D eigenvalue weighted by atomic mass is 9.89. The zero-order valence-corrected chi connectivity index (χ0v) is 19.5. The minimum absolute atomic E-state index is 0.0308. The number of carbonyl (C=O) groups is 1. The van der Waals surface area contributed by atoms with E-state index in [0.717, 1.165) is 12.1 Å². The molecule has 12 heteroatoms. The van der Waals surface area contributed by atoms with Crippen molar-refractivity contribution in [2.75, 3.05) is 7.05 Å². The van der Waals surface area contributed by atoms with Gasteiger partial charge in [0.25, 0.3) is 11.5 Å². The van der Waals surface area contributed by atoms with Crippen LogP contribution in [0, 0.1) is 11.6 Å². The predicted molar refractivity (Wildman–Crippen MR) is 124 cm³/mol. The number of rotatable bonds is 6. The maximum atomic E-state index is 14.0. The van der Waals surface area contributed by atoms with Gasteiger partial charge in [-0.05, 0) is 23.8 Å². The van der Waals surface area contributed by atoms with E-state index in [1.54, 1.807) is 12.1 Å². The highest BCUT2D eigenvalue weighted by Gasteiger charge is 2.45. The van der Waals surface area contributed by atoms with Gasteiger partial charge in [-0.15, -0.1) is 0 Å². The van der Waals surface area contributed by atoms with Crippen molar-refractivity contribution in [3.63, 3.8) is 0 Å². The molecular formula is C22H24F4N5O2P. The monoisotopic (exact) mass is 497 g/mol. The molecule has 1 aliphatic rings. The minimum atomic E-state index is -2.84. The first-order chi connectivity index (χ1) is 16.0. The Morgan fingerprint density at radius 1 is 1.32 bits per heavy atom. The Balaban J connectivity index is 1.81. The first-order valence-corrected chi connectivity index (χ1v) is 10.8. The number of guanidine groups is 1. The van der Waals surface area contributed by atoms with Gasteiger partial charge < -0.3 is 14.8 Å². The second kappa shape index (κ2) is 10.4. The van der Waals surface area contributed by atoms with E-state index in [-0.39, 0.29) is 35.5 Å². The Bertz CT molecular complexity index is 1140. The first kappa shape index (κ1) is 25.4. The summed E-state index contributed by atoms with van der Waals surface area (Å²) in [5.41, 5.74) is 0.189. The van der Waals surface area contributed by atoms with Gasteiger partial charge in [0.05, 0.1) is 19.1 Å². The van der Waals surface area contributed by atoms with E-state index < -0.39 is 42.5 Å². The van der Waals surface area contributed by atoms with Gasteiger partial charge in [-0.2, -0.15) is 0 Å². The molecule has 7 nitrogen and oxygen atoms in total. The van der Waals surface area contributed by atoms with E-state index >= 15 is 0 Å². The van der Waals surface area contributed by atoms with Crippen molar-refractivity contribution >= 4 is 26.5 Å². The number of halogens is 4. The molecule has 1 fully saturated rings. The topological polar surface area (TPSA) is 80.8 Å². The Hall–Kier alpha value is -3.20. The van der Waals surface area contributed by atoms with Crippen LogP contribution in [0.4, 0.5) is 22.4 Å². The fourth-order valence-corrected chi connectivity index (χ4v) is 3.49. The van der Waals surface area contributed by atoms with Crippen molar-refractivity contribution in [1.82, 2.24) is 20.1 Å². The number of urea groups is 1. The number of alkyl halides is 2. The van der Waals surface area contributed by atoms with Crippen LogP contribution in [0.1, 0.15) is 24.0 Å². The summed E-state index contributed by atoms with van der Waals surface area (Å²) >= 11 is 0. The van der Waals surface area contributed by atoms with Gasteiger partial charge in [-0.25, -0.2) is 27.3 Å². The number of nitrogens with one attached hydrogen (secondary N) is 2. The Labute approximate surface area is 195 Å². The summed E-state index contributed by atoms with van der Waals surface area (Å²) in [7, 11) is 3.41. The quantitative estimate of drug-likeness (QED) is 0.279. The summed E-state index contributed by atoms with van der Waals surface area (Å²) < 4.78 is 54.7. The average molecular weight is 497 g/mol. The number of pyridine rings is 1. The van der Waals surface area contributed by atoms with Crippen molar-refractivity contribution in [3.05, 3.63) is 76.4 Å². The van der Waals surface area contributed by atoms with E-state index in [1.165, 1.54) is 29.2 Å². The van der Waals surface area contributed by atoms with Gasteiger partial charge in [0.2, 0.25) is 5.96 Å². The van der Waals surface area contributed by atoms with Crippen LogP contribution in [0.3, 0.4) is 0 Å². The zero-order valence-electron chi connectivity index (χ0n) is 18.3. The summed E-state index contributed by atoms with van der Waals surface area (Å²) in [4.78, 5) is 33.9. The number of aromatic nitrogens is 1. The normalized spacial score (nSPS) is 15.4. The number of aliphatic imine (C=N–C) groups is 1. The van der Waals surface area contributed by atoms with E-state index in [0.29, 0.717) is 5.56 Å². The fourth-order valence-electron chi connectivity index (χ4n) is 3.32. The minimum Gasteiger partial charge on any atom is -0.329 e. The van der Waals surface area contributed by atoms with Crippen LogP contribution in [0.5, 0.6) is 0 Å². The number of benzene rings is 1. The Morgan fingerprint density at radius 2 is 1.97 bits per heavy atom. The standard InChI is InChI=1S/C22H24F4N5O2P/c1-3-31(11-13-7-16(23)18(34)17(24)8-13)20(28-15-9-22(25,26)10-15)29-21(33)30(2)12-14-5-4-6-27-19(14)32/h3-8,15H,1,9-12,34H2,2H3,(H,27,32)(H,28,29,33). The molecule has 2 amide bonds. The molecule has 0 radical (unpaired) electrons. The van der Waals surface area contributed by atoms with Crippen LogP contribution in [-0.4, -0.2) is 45.8 Å². The summed E-state index contributed by atoms with van der Waals surface area (Å²) in [6.45, 7) is 3.48. The molecule has 1 aliphatic carbocycles. The third-order valence-electron chi connectivity index (χ3n) is 5.23. The molecule has 1 heterocycles. The highest BCUT2D eigenvalue weighted by atomic mass is 31.0. The van der Waals surface area contributed by atoms with Crippen molar-refractivity contribution in [3.8, 4) is 0 Å². The molecule has 2 aromatic rings. The van der Waals surface area contributed by atoms with E-state index in [4.69, 9.17) is 0 Å². The number of H-pyrrole nitrogens is 1. The summed E-state index contributed by atoms with van der Waals surface area (Å²) in [6, 6.07) is 3.99. The van der Waals surface area contributed by atoms with E-state index in [1.807, 2.05) is 9.24 Å².